The molecule has 2 aromatic carbocycles. The molecule has 0 aliphatic rings. The third kappa shape index (κ3) is 8.23. The number of benzene rings is 2. The molecule has 0 saturated heterocycles. The maximum atomic E-state index is 10.9. The summed E-state index contributed by atoms with van der Waals surface area (Å²) in [5.74, 6) is 12.1. The van der Waals surface area contributed by atoms with Crippen LogP contribution in [0.5, 0.6) is 5.75 Å². The summed E-state index contributed by atoms with van der Waals surface area (Å²) in [6.45, 7) is 4.28. The van der Waals surface area contributed by atoms with Crippen molar-refractivity contribution in [2.45, 2.75) is 17.7 Å². The van der Waals surface area contributed by atoms with Crippen LogP contribution in [0.2, 0.25) is 0 Å². The normalized spacial score (nSPS) is 9.22. The summed E-state index contributed by atoms with van der Waals surface area (Å²) in [6, 6.07) is 15.2. The van der Waals surface area contributed by atoms with Crippen molar-refractivity contribution in [1.82, 2.24) is 0 Å². The predicted molar refractivity (Wildman–Crippen MR) is 110 cm³/mol. The fourth-order valence-electron chi connectivity index (χ4n) is 2.01. The topological polar surface area (TPSA) is 35.5 Å². The van der Waals surface area contributed by atoms with Gasteiger partial charge in [0.05, 0.1) is 13.2 Å². The Labute approximate surface area is 165 Å². The van der Waals surface area contributed by atoms with Crippen LogP contribution >= 0.6 is 12.6 Å². The number of esters is 1. The van der Waals surface area contributed by atoms with E-state index in [0.717, 1.165) is 40.7 Å². The van der Waals surface area contributed by atoms with Crippen molar-refractivity contribution < 1.29 is 14.3 Å². The molecule has 0 amide bonds. The van der Waals surface area contributed by atoms with Gasteiger partial charge in [-0.15, -0.1) is 12.6 Å². The zero-order chi connectivity index (χ0) is 19.3. The summed E-state index contributed by atoms with van der Waals surface area (Å²) in [5.41, 5.74) is 1.78. The average molecular weight is 376 g/mol. The maximum Gasteiger partial charge on any atom is 0.330 e. The molecule has 4 heteroatoms. The number of carbonyl (C=O) groups excluding carboxylic acids is 1. The van der Waals surface area contributed by atoms with Crippen molar-refractivity contribution in [2.24, 2.45) is 0 Å². The Balaban J connectivity index is 1.73. The molecule has 0 unspecified atom stereocenters. The summed E-state index contributed by atoms with van der Waals surface area (Å²) >= 11 is 4.24. The number of thiol groups is 1. The molecule has 27 heavy (non-hydrogen) atoms. The van der Waals surface area contributed by atoms with Crippen molar-refractivity contribution in [1.29, 1.82) is 0 Å². The van der Waals surface area contributed by atoms with E-state index in [1.807, 2.05) is 48.5 Å². The summed E-state index contributed by atoms with van der Waals surface area (Å²) in [7, 11) is 0. The fourth-order valence-corrected chi connectivity index (χ4v) is 2.16. The first-order valence-electron chi connectivity index (χ1n) is 8.50. The minimum atomic E-state index is -0.395. The lowest BCUT2D eigenvalue weighted by molar-refractivity contribution is -0.137. The molecular formula is C23H20O3S. The molecule has 0 radical (unpaired) electrons. The van der Waals surface area contributed by atoms with Crippen LogP contribution < -0.4 is 4.74 Å². The minimum absolute atomic E-state index is 0.378. The van der Waals surface area contributed by atoms with Gasteiger partial charge in [0.15, 0.2) is 0 Å². The van der Waals surface area contributed by atoms with Crippen molar-refractivity contribution in [2.75, 3.05) is 13.2 Å². The molecule has 2 aromatic rings. The van der Waals surface area contributed by atoms with Crippen LogP contribution in [-0.2, 0) is 9.53 Å². The van der Waals surface area contributed by atoms with Gasteiger partial charge >= 0.3 is 5.97 Å². The Kier molecular flexibility index (Phi) is 8.63. The van der Waals surface area contributed by atoms with Crippen LogP contribution in [0.4, 0.5) is 0 Å². The third-order valence-electron chi connectivity index (χ3n) is 3.42. The molecule has 0 bridgehead atoms. The number of hydrogen-bond acceptors (Lipinski definition) is 4. The van der Waals surface area contributed by atoms with Gasteiger partial charge in [-0.2, -0.15) is 0 Å². The number of rotatable bonds is 7. The first-order valence-corrected chi connectivity index (χ1v) is 8.95. The van der Waals surface area contributed by atoms with E-state index in [4.69, 9.17) is 9.47 Å². The maximum absolute atomic E-state index is 10.9. The molecule has 0 fully saturated rings. The lowest BCUT2D eigenvalue weighted by atomic mass is 10.2. The molecule has 2 rings (SSSR count). The Hall–Kier alpha value is -3.08. The van der Waals surface area contributed by atoms with Crippen LogP contribution in [0, 0.1) is 23.7 Å². The number of ether oxygens (including phenoxy) is 2. The summed E-state index contributed by atoms with van der Waals surface area (Å²) in [6.07, 6.45) is 2.71. The highest BCUT2D eigenvalue weighted by Gasteiger charge is 1.97. The second-order valence-corrected chi connectivity index (χ2v) is 6.01. The van der Waals surface area contributed by atoms with Crippen LogP contribution in [0.1, 0.15) is 24.0 Å². The summed E-state index contributed by atoms with van der Waals surface area (Å²) in [5, 5.41) is 0. The summed E-state index contributed by atoms with van der Waals surface area (Å²) in [4.78, 5) is 11.8. The zero-order valence-corrected chi connectivity index (χ0v) is 15.8. The molecule has 0 heterocycles. The largest absolute Gasteiger partial charge is 0.494 e. The van der Waals surface area contributed by atoms with Crippen LogP contribution in [0.25, 0.3) is 0 Å². The van der Waals surface area contributed by atoms with Crippen LogP contribution in [0.15, 0.2) is 66.1 Å². The van der Waals surface area contributed by atoms with Gasteiger partial charge in [0.2, 0.25) is 0 Å². The van der Waals surface area contributed by atoms with Gasteiger partial charge in [-0.3, -0.25) is 0 Å². The van der Waals surface area contributed by atoms with Gasteiger partial charge < -0.3 is 9.47 Å². The molecule has 136 valence electrons. The quantitative estimate of drug-likeness (QED) is 0.258. The molecular weight excluding hydrogens is 356 g/mol. The van der Waals surface area contributed by atoms with E-state index in [9.17, 15) is 4.79 Å². The van der Waals surface area contributed by atoms with Crippen LogP contribution in [-0.4, -0.2) is 19.2 Å². The highest BCUT2D eigenvalue weighted by atomic mass is 32.1. The SMILES string of the molecule is C=CC(=O)OCCCCOc1ccc(C#CC#Cc2ccc(S)cc2)cc1. The van der Waals surface area contributed by atoms with Crippen molar-refractivity contribution in [3.05, 3.63) is 72.3 Å². The highest BCUT2D eigenvalue weighted by molar-refractivity contribution is 7.80. The van der Waals surface area contributed by atoms with E-state index in [0.29, 0.717) is 13.2 Å². The predicted octanol–water partition coefficient (Wildman–Crippen LogP) is 4.27. The molecule has 0 spiro atoms. The van der Waals surface area contributed by atoms with E-state index in [-0.39, 0.29) is 0 Å². The molecule has 3 nitrogen and oxygen atoms in total. The van der Waals surface area contributed by atoms with E-state index in [1.165, 1.54) is 0 Å². The fraction of sp³-hybridized carbons (Fsp3) is 0.174. The Morgan fingerprint density at radius 3 is 2.07 bits per heavy atom. The Morgan fingerprint density at radius 2 is 1.48 bits per heavy atom. The molecule has 0 aliphatic heterocycles. The standard InChI is InChI=1S/C23H20O3S/c1-2-23(24)26-18-6-5-17-25-21-13-9-19(10-14-21)7-3-4-8-20-11-15-22(27)16-12-20/h2,9-16,27H,1,5-6,17-18H2. The van der Waals surface area contributed by atoms with Gasteiger partial charge in [-0.05, 0) is 73.2 Å². The molecule has 0 atom stereocenters. The van der Waals surface area contributed by atoms with E-state index >= 15 is 0 Å². The highest BCUT2D eigenvalue weighted by Crippen LogP contribution is 2.12. The van der Waals surface area contributed by atoms with Gasteiger partial charge in [0, 0.05) is 22.1 Å². The monoisotopic (exact) mass is 376 g/mol. The molecule has 0 aliphatic carbocycles. The lowest BCUT2D eigenvalue weighted by Gasteiger charge is -2.06. The first-order chi connectivity index (χ1) is 13.2. The van der Waals surface area contributed by atoms with E-state index in [2.05, 4.69) is 42.9 Å². The molecule has 0 saturated carbocycles. The molecule has 0 aromatic heterocycles. The zero-order valence-electron chi connectivity index (χ0n) is 14.9. The smallest absolute Gasteiger partial charge is 0.330 e. The van der Waals surface area contributed by atoms with Crippen LogP contribution in [0.3, 0.4) is 0 Å². The second-order valence-electron chi connectivity index (χ2n) is 5.50. The lowest BCUT2D eigenvalue weighted by Crippen LogP contribution is -2.04. The summed E-state index contributed by atoms with van der Waals surface area (Å²) < 4.78 is 10.5. The van der Waals surface area contributed by atoms with Gasteiger partial charge in [0.1, 0.15) is 5.75 Å². The van der Waals surface area contributed by atoms with Gasteiger partial charge in [-0.25, -0.2) is 4.79 Å². The van der Waals surface area contributed by atoms with Crippen molar-refractivity contribution in [3.8, 4) is 29.4 Å². The Morgan fingerprint density at radius 1 is 0.926 bits per heavy atom. The third-order valence-corrected chi connectivity index (χ3v) is 3.71. The Bertz CT molecular complexity index is 876. The van der Waals surface area contributed by atoms with E-state index in [1.54, 1.807) is 0 Å². The van der Waals surface area contributed by atoms with Gasteiger partial charge in [0.25, 0.3) is 0 Å². The van der Waals surface area contributed by atoms with Crippen molar-refractivity contribution in [3.63, 3.8) is 0 Å². The number of hydrogen-bond donors (Lipinski definition) is 1. The number of unbranched alkanes of at least 4 members (excludes halogenated alkanes) is 1. The molecule has 0 N–H and O–H groups in total. The average Bonchev–Trinajstić information content (AvgIpc) is 2.70. The van der Waals surface area contributed by atoms with Gasteiger partial charge in [-0.1, -0.05) is 18.4 Å². The van der Waals surface area contributed by atoms with Crippen molar-refractivity contribution >= 4 is 18.6 Å². The first kappa shape index (κ1) is 20.2. The number of carbonyl (C=O) groups is 1. The second kappa shape index (κ2) is 11.5. The minimum Gasteiger partial charge on any atom is -0.494 e. The van der Waals surface area contributed by atoms with E-state index < -0.39 is 5.97 Å².